The molecule has 0 unspecified atom stereocenters. The number of ether oxygens (including phenoxy) is 8. The summed E-state index contributed by atoms with van der Waals surface area (Å²) in [5, 5.41) is 11.6. The molecule has 17 heteroatoms. The van der Waals surface area contributed by atoms with Crippen molar-refractivity contribution >= 4 is 53.4 Å². The molecule has 0 amide bonds. The number of hydrogen-bond acceptors (Lipinski definition) is 16. The van der Waals surface area contributed by atoms with E-state index >= 15 is 0 Å². The molecule has 0 aromatic heterocycles. The molecule has 1 N–H and O–H groups in total. The number of carbonyl (C=O) groups is 7. The molecule has 16 nitrogen and oxygen atoms in total. The maximum Gasteiger partial charge on any atom is 0.344 e. The maximum atomic E-state index is 13.6. The second-order valence-corrected chi connectivity index (χ2v) is 16.2. The van der Waals surface area contributed by atoms with Gasteiger partial charge in [0.05, 0.1) is 23.3 Å². The van der Waals surface area contributed by atoms with Gasteiger partial charge in [0.15, 0.2) is 36.6 Å². The van der Waals surface area contributed by atoms with Crippen molar-refractivity contribution in [1.82, 2.24) is 0 Å². The highest BCUT2D eigenvalue weighted by Gasteiger charge is 2.81. The van der Waals surface area contributed by atoms with E-state index in [-0.39, 0.29) is 36.9 Å². The summed E-state index contributed by atoms with van der Waals surface area (Å²) < 4.78 is 46.9. The van der Waals surface area contributed by atoms with Gasteiger partial charge in [0.25, 0.3) is 0 Å². The summed E-state index contributed by atoms with van der Waals surface area (Å²) in [6.45, 7) is 15.9. The van der Waals surface area contributed by atoms with Crippen LogP contribution in [0.5, 0.6) is 0 Å². The van der Waals surface area contributed by atoms with Crippen molar-refractivity contribution in [3.8, 4) is 0 Å². The Morgan fingerprint density at radius 3 is 1.95 bits per heavy atom. The third-order valence-corrected chi connectivity index (χ3v) is 11.0. The molecule has 4 aliphatic rings. The van der Waals surface area contributed by atoms with Crippen molar-refractivity contribution < 1.29 is 76.6 Å². The zero-order chi connectivity index (χ0) is 41.4. The number of carbonyl (C=O) groups excluding carboxylic acids is 7. The lowest BCUT2D eigenvalue weighted by molar-refractivity contribution is -0.281. The van der Waals surface area contributed by atoms with Crippen LogP contribution in [0.4, 0.5) is 0 Å². The molecular formula is C38H51ClO16. The molecule has 2 aliphatic carbocycles. The lowest BCUT2D eigenvalue weighted by Gasteiger charge is -2.59. The molecule has 0 aromatic carbocycles. The molecule has 2 heterocycles. The second kappa shape index (κ2) is 16.6. The van der Waals surface area contributed by atoms with Crippen molar-refractivity contribution in [3.05, 3.63) is 24.3 Å². The van der Waals surface area contributed by atoms with Crippen molar-refractivity contribution in [3.63, 3.8) is 0 Å². The molecule has 1 spiro atoms. The molecule has 1 saturated carbocycles. The minimum absolute atomic E-state index is 0.00545. The highest BCUT2D eigenvalue weighted by atomic mass is 35.5. The van der Waals surface area contributed by atoms with E-state index in [1.807, 2.05) is 0 Å². The molecular weight excluding hydrogens is 748 g/mol. The fraction of sp³-hybridized carbons (Fsp3) is 0.711. The molecule has 2 saturated heterocycles. The van der Waals surface area contributed by atoms with Crippen molar-refractivity contribution in [1.29, 1.82) is 0 Å². The van der Waals surface area contributed by atoms with Crippen LogP contribution >= 0.6 is 11.6 Å². The number of alkyl halides is 1. The number of fused-ring (bicyclic) bond motifs is 3. The van der Waals surface area contributed by atoms with Gasteiger partial charge in [-0.1, -0.05) is 47.3 Å². The summed E-state index contributed by atoms with van der Waals surface area (Å²) in [5.41, 5.74) is -6.29. The van der Waals surface area contributed by atoms with Crippen LogP contribution in [0, 0.1) is 29.1 Å². The van der Waals surface area contributed by atoms with Crippen LogP contribution < -0.4 is 0 Å². The first-order chi connectivity index (χ1) is 25.5. The van der Waals surface area contributed by atoms with E-state index in [9.17, 15) is 38.7 Å². The largest absolute Gasteiger partial charge is 0.459 e. The molecule has 55 heavy (non-hydrogen) atoms. The maximum absolute atomic E-state index is 13.6. The normalized spacial score (nSPS) is 37.1. The van der Waals surface area contributed by atoms with E-state index in [1.165, 1.54) is 26.0 Å². The third kappa shape index (κ3) is 8.70. The van der Waals surface area contributed by atoms with Gasteiger partial charge in [-0.15, -0.1) is 11.6 Å². The van der Waals surface area contributed by atoms with Gasteiger partial charge in [-0.2, -0.15) is 0 Å². The van der Waals surface area contributed by atoms with Gasteiger partial charge >= 0.3 is 41.8 Å². The van der Waals surface area contributed by atoms with Crippen molar-refractivity contribution in [2.75, 3.05) is 13.2 Å². The predicted octanol–water partition coefficient (Wildman–Crippen LogP) is 2.67. The SMILES string of the molecule is C=C1/C=C\[C@@H](OC(=O)COC(=O)CC(C)C)[C@@]2(C)[C@@H](OC(C)=O)[C@@H](OC(C)=O)[C@@H](OC(=O)CC(C)C)[C@]3(CO3)[C@@H]2[C@H](OC(C)=O)[C@]2(O)[C@@H](C)C(=O)O[C@H]2[C@H]1Cl. The van der Waals surface area contributed by atoms with Crippen LogP contribution in [-0.4, -0.2) is 113 Å². The zero-order valence-electron chi connectivity index (χ0n) is 32.5. The van der Waals surface area contributed by atoms with Gasteiger partial charge in [-0.25, -0.2) is 4.79 Å². The first-order valence-electron chi connectivity index (χ1n) is 18.1. The minimum atomic E-state index is -2.50. The molecule has 3 fully saturated rings. The van der Waals surface area contributed by atoms with Crippen LogP contribution in [0.25, 0.3) is 0 Å². The molecule has 2 aliphatic heterocycles. The van der Waals surface area contributed by atoms with E-state index in [0.717, 1.165) is 20.8 Å². The van der Waals surface area contributed by atoms with Crippen LogP contribution in [0.15, 0.2) is 24.3 Å². The number of halogens is 1. The van der Waals surface area contributed by atoms with E-state index in [0.29, 0.717) is 0 Å². The predicted molar refractivity (Wildman–Crippen MR) is 188 cm³/mol. The zero-order valence-corrected chi connectivity index (χ0v) is 33.2. The van der Waals surface area contributed by atoms with Gasteiger partial charge < -0.3 is 43.0 Å². The van der Waals surface area contributed by atoms with Gasteiger partial charge in [0.1, 0.15) is 17.8 Å². The first kappa shape index (κ1) is 43.7. The number of hydrogen-bond donors (Lipinski definition) is 1. The summed E-state index contributed by atoms with van der Waals surface area (Å²) in [4.78, 5) is 91.9. The Labute approximate surface area is 324 Å². The Bertz CT molecular complexity index is 1600. The Morgan fingerprint density at radius 1 is 0.873 bits per heavy atom. The number of esters is 7. The Hall–Kier alpha value is -4.02. The lowest BCUT2D eigenvalue weighted by Crippen LogP contribution is -2.76. The van der Waals surface area contributed by atoms with Crippen LogP contribution in [-0.2, 0) is 71.5 Å². The quantitative estimate of drug-likeness (QED) is 0.138. The molecule has 4 rings (SSSR count). The van der Waals surface area contributed by atoms with Crippen molar-refractivity contribution in [2.45, 2.75) is 128 Å². The highest BCUT2D eigenvalue weighted by Crippen LogP contribution is 2.63. The summed E-state index contributed by atoms with van der Waals surface area (Å²) in [7, 11) is 0. The molecule has 12 atom stereocenters. The molecule has 0 bridgehead atoms. The lowest BCUT2D eigenvalue weighted by atomic mass is 9.51. The number of rotatable bonds is 11. The number of aliphatic hydroxyl groups is 1. The second-order valence-electron chi connectivity index (χ2n) is 15.7. The Balaban J connectivity index is 2.09. The standard InChI is InChI=1S/C38H51ClO16/c1-17(2)13-25(43)48-15-27(45)53-24-12-11-19(5)28(39)31-38(47,20(6)35(46)55-31)34(52-23(9)42)30-36(24,10)32(51-22(8)41)29(50-21(7)40)33(37(30)16-49-37)54-26(44)14-18(3)4/h11-12,17-18,20,24,28-34,47H,5,13-16H2,1-4,6-10H3/b12-11-/t20-,24+,28-,29+,30+,31-,32-,33+,34-,36+,37-,38-/m0/s1. The minimum Gasteiger partial charge on any atom is -0.459 e. The van der Waals surface area contributed by atoms with E-state index in [4.69, 9.17) is 49.5 Å². The smallest absolute Gasteiger partial charge is 0.344 e. The Morgan fingerprint density at radius 2 is 1.42 bits per heavy atom. The van der Waals surface area contributed by atoms with E-state index in [2.05, 4.69) is 6.58 Å². The molecule has 0 aromatic rings. The van der Waals surface area contributed by atoms with Crippen molar-refractivity contribution in [2.24, 2.45) is 29.1 Å². The highest BCUT2D eigenvalue weighted by molar-refractivity contribution is 6.23. The van der Waals surface area contributed by atoms with E-state index < -0.39 is 119 Å². The summed E-state index contributed by atoms with van der Waals surface area (Å²) >= 11 is 6.87. The average molecular weight is 799 g/mol. The summed E-state index contributed by atoms with van der Waals surface area (Å²) in [6, 6.07) is 0. The fourth-order valence-corrected chi connectivity index (χ4v) is 8.37. The van der Waals surface area contributed by atoms with Gasteiger partial charge in [0.2, 0.25) is 0 Å². The number of allylic oxidation sites excluding steroid dienone is 1. The van der Waals surface area contributed by atoms with Gasteiger partial charge in [0, 0.05) is 39.5 Å². The summed E-state index contributed by atoms with van der Waals surface area (Å²) in [5.74, 6) is -9.46. The topological polar surface area (TPSA) is 217 Å². The fourth-order valence-electron chi connectivity index (χ4n) is 8.04. The third-order valence-electron chi connectivity index (χ3n) is 10.5. The van der Waals surface area contributed by atoms with Crippen LogP contribution in [0.1, 0.15) is 75.2 Å². The summed E-state index contributed by atoms with van der Waals surface area (Å²) in [6.07, 6.45) is -7.53. The average Bonchev–Trinajstić information content (AvgIpc) is 3.81. The molecule has 0 radical (unpaired) electrons. The van der Waals surface area contributed by atoms with Crippen LogP contribution in [0.3, 0.4) is 0 Å². The Kier molecular flexibility index (Phi) is 13.2. The van der Waals surface area contributed by atoms with Gasteiger partial charge in [-0.3, -0.25) is 28.8 Å². The monoisotopic (exact) mass is 798 g/mol. The van der Waals surface area contributed by atoms with E-state index in [1.54, 1.807) is 27.7 Å². The first-order valence-corrected chi connectivity index (χ1v) is 18.6. The molecule has 306 valence electrons. The van der Waals surface area contributed by atoms with Gasteiger partial charge in [-0.05, 0) is 30.4 Å². The number of epoxide rings is 1. The van der Waals surface area contributed by atoms with Crippen LogP contribution in [0.2, 0.25) is 0 Å².